The summed E-state index contributed by atoms with van der Waals surface area (Å²) in [6, 6.07) is 2.44. The number of hydrogen-bond acceptors (Lipinski definition) is 8. The molecule has 0 bridgehead atoms. The van der Waals surface area contributed by atoms with Crippen molar-refractivity contribution in [2.24, 2.45) is 0 Å². The van der Waals surface area contributed by atoms with E-state index in [0.717, 1.165) is 50.8 Å². The van der Waals surface area contributed by atoms with Crippen LogP contribution in [-0.2, 0) is 9.84 Å². The van der Waals surface area contributed by atoms with Gasteiger partial charge in [0.2, 0.25) is 5.95 Å². The molecule has 3 fully saturated rings. The third kappa shape index (κ3) is 3.45. The molecule has 3 saturated heterocycles. The molecule has 9 heteroatoms. The highest BCUT2D eigenvalue weighted by Gasteiger charge is 2.43. The van der Waals surface area contributed by atoms with Gasteiger partial charge in [-0.1, -0.05) is 0 Å². The van der Waals surface area contributed by atoms with Gasteiger partial charge in [0.15, 0.2) is 9.84 Å². The second-order valence-electron chi connectivity index (χ2n) is 7.16. The van der Waals surface area contributed by atoms with E-state index in [1.54, 1.807) is 6.20 Å². The predicted molar refractivity (Wildman–Crippen MR) is 97.9 cm³/mol. The number of aromatic nitrogens is 2. The fraction of sp³-hybridized carbons (Fsp3) is 0.750. The van der Waals surface area contributed by atoms with Crippen LogP contribution in [0.2, 0.25) is 0 Å². The van der Waals surface area contributed by atoms with Crippen LogP contribution in [0.25, 0.3) is 0 Å². The van der Waals surface area contributed by atoms with Crippen LogP contribution < -0.4 is 20.4 Å². The molecule has 2 atom stereocenters. The molecule has 0 spiro atoms. The summed E-state index contributed by atoms with van der Waals surface area (Å²) in [7, 11) is -0.967. The minimum Gasteiger partial charge on any atom is -0.350 e. The number of nitrogens with one attached hydrogen (secondary N) is 2. The molecular formula is C16H26N6O2S. The second kappa shape index (κ2) is 6.69. The van der Waals surface area contributed by atoms with Gasteiger partial charge in [0.1, 0.15) is 5.82 Å². The fourth-order valence-electron chi connectivity index (χ4n) is 4.17. The van der Waals surface area contributed by atoms with E-state index in [1.165, 1.54) is 0 Å². The minimum absolute atomic E-state index is 0.00328. The number of sulfone groups is 1. The molecule has 3 aliphatic heterocycles. The maximum absolute atomic E-state index is 12.0. The smallest absolute Gasteiger partial charge is 0.227 e. The highest BCUT2D eigenvalue weighted by Crippen LogP contribution is 2.27. The van der Waals surface area contributed by atoms with Gasteiger partial charge in [0, 0.05) is 44.5 Å². The summed E-state index contributed by atoms with van der Waals surface area (Å²) in [6.07, 6.45) is 3.96. The SMILES string of the molecule is CNC1CCN(c2nccc(N3CCN[C@@H]4CS(=O)(=O)C[C@@H]43)n2)CC1. The molecule has 8 nitrogen and oxygen atoms in total. The average Bonchev–Trinajstić information content (AvgIpc) is 2.95. The van der Waals surface area contributed by atoms with Crippen LogP contribution >= 0.6 is 0 Å². The molecule has 2 N–H and O–H groups in total. The van der Waals surface area contributed by atoms with Crippen LogP contribution in [0, 0.1) is 0 Å². The van der Waals surface area contributed by atoms with Crippen molar-refractivity contribution in [3.05, 3.63) is 12.3 Å². The van der Waals surface area contributed by atoms with Crippen LogP contribution in [-0.4, -0.2) is 81.2 Å². The van der Waals surface area contributed by atoms with Crippen LogP contribution in [0.1, 0.15) is 12.8 Å². The summed E-state index contributed by atoms with van der Waals surface area (Å²) in [4.78, 5) is 13.6. The largest absolute Gasteiger partial charge is 0.350 e. The number of rotatable bonds is 3. The Bertz CT molecular complexity index is 719. The summed E-state index contributed by atoms with van der Waals surface area (Å²) in [5, 5.41) is 6.68. The number of anilines is 2. The van der Waals surface area contributed by atoms with Crippen molar-refractivity contribution in [3.63, 3.8) is 0 Å². The molecular weight excluding hydrogens is 340 g/mol. The topological polar surface area (TPSA) is 90.5 Å². The molecule has 4 heterocycles. The van der Waals surface area contributed by atoms with E-state index in [-0.39, 0.29) is 23.6 Å². The highest BCUT2D eigenvalue weighted by atomic mass is 32.2. The molecule has 138 valence electrons. The molecule has 4 rings (SSSR count). The van der Waals surface area contributed by atoms with Gasteiger partial charge in [-0.25, -0.2) is 13.4 Å². The monoisotopic (exact) mass is 366 g/mol. The lowest BCUT2D eigenvalue weighted by Gasteiger charge is -2.38. The molecule has 0 amide bonds. The van der Waals surface area contributed by atoms with Crippen molar-refractivity contribution in [1.29, 1.82) is 0 Å². The van der Waals surface area contributed by atoms with Gasteiger partial charge in [-0.2, -0.15) is 4.98 Å². The summed E-state index contributed by atoms with van der Waals surface area (Å²) >= 11 is 0. The Hall–Kier alpha value is -1.45. The lowest BCUT2D eigenvalue weighted by molar-refractivity contribution is 0.421. The van der Waals surface area contributed by atoms with Gasteiger partial charge in [-0.15, -0.1) is 0 Å². The number of piperazine rings is 1. The fourth-order valence-corrected chi connectivity index (χ4v) is 6.13. The summed E-state index contributed by atoms with van der Waals surface area (Å²) in [5.74, 6) is 2.03. The molecule has 0 saturated carbocycles. The Morgan fingerprint density at radius 2 is 2.04 bits per heavy atom. The Labute approximate surface area is 148 Å². The second-order valence-corrected chi connectivity index (χ2v) is 9.32. The lowest BCUT2D eigenvalue weighted by Crippen LogP contribution is -2.57. The predicted octanol–water partition coefficient (Wildman–Crippen LogP) is -0.760. The van der Waals surface area contributed by atoms with E-state index in [4.69, 9.17) is 4.98 Å². The normalized spacial score (nSPS) is 29.6. The van der Waals surface area contributed by atoms with Gasteiger partial charge in [0.05, 0.1) is 17.5 Å². The van der Waals surface area contributed by atoms with Crippen molar-refractivity contribution in [1.82, 2.24) is 20.6 Å². The van der Waals surface area contributed by atoms with Crippen molar-refractivity contribution in [2.75, 3.05) is 54.5 Å². The first-order chi connectivity index (χ1) is 12.1. The first-order valence-corrected chi connectivity index (χ1v) is 10.8. The van der Waals surface area contributed by atoms with Crippen LogP contribution in [0.4, 0.5) is 11.8 Å². The summed E-state index contributed by atoms with van der Waals surface area (Å²) in [6.45, 7) is 3.44. The molecule has 1 aromatic heterocycles. The van der Waals surface area contributed by atoms with E-state index in [1.807, 2.05) is 13.1 Å². The first kappa shape index (κ1) is 17.0. The summed E-state index contributed by atoms with van der Waals surface area (Å²) < 4.78 is 24.1. The van der Waals surface area contributed by atoms with E-state index in [9.17, 15) is 8.42 Å². The number of nitrogens with zero attached hydrogens (tertiary/aromatic N) is 4. The number of hydrogen-bond donors (Lipinski definition) is 2. The maximum atomic E-state index is 12.0. The maximum Gasteiger partial charge on any atom is 0.227 e. The Kier molecular flexibility index (Phi) is 4.55. The average molecular weight is 366 g/mol. The first-order valence-electron chi connectivity index (χ1n) is 9.01. The van der Waals surface area contributed by atoms with E-state index in [2.05, 4.69) is 25.4 Å². The van der Waals surface area contributed by atoms with Gasteiger partial charge in [0.25, 0.3) is 0 Å². The molecule has 0 aliphatic carbocycles. The van der Waals surface area contributed by atoms with Crippen molar-refractivity contribution < 1.29 is 8.42 Å². The van der Waals surface area contributed by atoms with Crippen molar-refractivity contribution >= 4 is 21.6 Å². The number of piperidine rings is 1. The highest BCUT2D eigenvalue weighted by molar-refractivity contribution is 7.91. The Morgan fingerprint density at radius 1 is 1.24 bits per heavy atom. The zero-order valence-corrected chi connectivity index (χ0v) is 15.4. The van der Waals surface area contributed by atoms with Gasteiger partial charge in [-0.05, 0) is 26.0 Å². The van der Waals surface area contributed by atoms with Crippen molar-refractivity contribution in [3.8, 4) is 0 Å². The summed E-state index contributed by atoms with van der Waals surface area (Å²) in [5.41, 5.74) is 0. The molecule has 0 radical (unpaired) electrons. The Balaban J connectivity index is 1.53. The molecule has 1 aromatic rings. The van der Waals surface area contributed by atoms with E-state index >= 15 is 0 Å². The third-order valence-corrected chi connectivity index (χ3v) is 7.31. The van der Waals surface area contributed by atoms with Crippen LogP contribution in [0.3, 0.4) is 0 Å². The molecule has 3 aliphatic rings. The van der Waals surface area contributed by atoms with Gasteiger partial charge in [-0.3, -0.25) is 0 Å². The van der Waals surface area contributed by atoms with Crippen LogP contribution in [0.5, 0.6) is 0 Å². The van der Waals surface area contributed by atoms with Gasteiger partial charge >= 0.3 is 0 Å². The quantitative estimate of drug-likeness (QED) is 0.722. The molecule has 25 heavy (non-hydrogen) atoms. The molecule has 0 unspecified atom stereocenters. The van der Waals surface area contributed by atoms with E-state index < -0.39 is 9.84 Å². The van der Waals surface area contributed by atoms with Crippen LogP contribution in [0.15, 0.2) is 12.3 Å². The lowest BCUT2D eigenvalue weighted by atomic mass is 10.1. The van der Waals surface area contributed by atoms with Crippen molar-refractivity contribution in [2.45, 2.75) is 31.0 Å². The van der Waals surface area contributed by atoms with Gasteiger partial charge < -0.3 is 20.4 Å². The minimum atomic E-state index is -2.97. The molecule has 0 aromatic carbocycles. The number of fused-ring (bicyclic) bond motifs is 1. The van der Waals surface area contributed by atoms with E-state index in [0.29, 0.717) is 6.04 Å². The zero-order chi connectivity index (χ0) is 17.4. The third-order valence-electron chi connectivity index (χ3n) is 5.59. The zero-order valence-electron chi connectivity index (χ0n) is 14.6. The Morgan fingerprint density at radius 3 is 2.80 bits per heavy atom. The standard InChI is InChI=1S/C16H26N6O2S/c1-17-12-3-7-21(8-4-12)16-19-5-2-15(20-16)22-9-6-18-13-10-25(23,24)11-14(13)22/h2,5,12-14,17-18H,3-4,6-11H2,1H3/t13-,14+/m1/s1.